The highest BCUT2D eigenvalue weighted by Gasteiger charge is 2.22. The van der Waals surface area contributed by atoms with Gasteiger partial charge in [-0.3, -0.25) is 4.79 Å². The molecule has 1 heterocycles. The quantitative estimate of drug-likeness (QED) is 0.844. The smallest absolute Gasteiger partial charge is 0.221 e. The molecule has 2 N–H and O–H groups in total. The lowest BCUT2D eigenvalue weighted by Crippen LogP contribution is -2.43. The Morgan fingerprint density at radius 3 is 2.68 bits per heavy atom. The SMILES string of the molecule is CC(C)(CNC(=O)CC1CSCCN1)c1ccc(Cl)cc1.Cl. The fourth-order valence-corrected chi connectivity index (χ4v) is 3.44. The van der Waals surface area contributed by atoms with Crippen LogP contribution in [0.25, 0.3) is 0 Å². The number of rotatable bonds is 5. The molecule has 1 amide bonds. The van der Waals surface area contributed by atoms with Crippen LogP contribution in [0.2, 0.25) is 5.02 Å². The number of hydrogen-bond donors (Lipinski definition) is 2. The summed E-state index contributed by atoms with van der Waals surface area (Å²) < 4.78 is 0. The van der Waals surface area contributed by atoms with Crippen LogP contribution < -0.4 is 10.6 Å². The molecular weight excluding hydrogens is 339 g/mol. The minimum Gasteiger partial charge on any atom is -0.355 e. The normalized spacial score (nSPS) is 18.4. The standard InChI is InChI=1S/C16H23ClN2OS.ClH/c1-16(2,12-3-5-13(17)6-4-12)11-19-15(20)9-14-10-21-8-7-18-14;/h3-6,14,18H,7-11H2,1-2H3,(H,19,20);1H. The number of halogens is 2. The summed E-state index contributed by atoms with van der Waals surface area (Å²) in [6, 6.07) is 8.14. The van der Waals surface area contributed by atoms with E-state index in [1.165, 1.54) is 5.56 Å². The molecule has 1 aliphatic rings. The van der Waals surface area contributed by atoms with Crippen molar-refractivity contribution in [3.05, 3.63) is 34.9 Å². The Morgan fingerprint density at radius 2 is 2.09 bits per heavy atom. The van der Waals surface area contributed by atoms with Gasteiger partial charge in [-0.05, 0) is 17.7 Å². The minimum absolute atomic E-state index is 0. The molecular formula is C16H24Cl2N2OS. The zero-order valence-electron chi connectivity index (χ0n) is 13.0. The molecule has 3 nitrogen and oxygen atoms in total. The molecule has 2 rings (SSSR count). The van der Waals surface area contributed by atoms with Gasteiger partial charge in [0.15, 0.2) is 0 Å². The summed E-state index contributed by atoms with van der Waals surface area (Å²) in [5.41, 5.74) is 1.08. The first-order valence-electron chi connectivity index (χ1n) is 7.31. The van der Waals surface area contributed by atoms with E-state index in [1.807, 2.05) is 36.0 Å². The second-order valence-electron chi connectivity index (χ2n) is 6.10. The molecule has 22 heavy (non-hydrogen) atoms. The maximum absolute atomic E-state index is 12.1. The van der Waals surface area contributed by atoms with E-state index in [4.69, 9.17) is 11.6 Å². The van der Waals surface area contributed by atoms with Crippen molar-refractivity contribution in [2.45, 2.75) is 31.7 Å². The first-order chi connectivity index (χ1) is 9.97. The third-order valence-corrected chi connectivity index (χ3v) is 5.17. The molecule has 1 fully saturated rings. The number of benzene rings is 1. The van der Waals surface area contributed by atoms with Crippen LogP contribution in [-0.2, 0) is 10.2 Å². The topological polar surface area (TPSA) is 41.1 Å². The second-order valence-corrected chi connectivity index (χ2v) is 7.68. The first-order valence-corrected chi connectivity index (χ1v) is 8.84. The van der Waals surface area contributed by atoms with Gasteiger partial charge in [0.1, 0.15) is 0 Å². The fraction of sp³-hybridized carbons (Fsp3) is 0.562. The van der Waals surface area contributed by atoms with Gasteiger partial charge in [0, 0.05) is 47.5 Å². The van der Waals surface area contributed by atoms with Gasteiger partial charge in [-0.2, -0.15) is 11.8 Å². The average Bonchev–Trinajstić information content (AvgIpc) is 2.47. The van der Waals surface area contributed by atoms with E-state index in [-0.39, 0.29) is 23.7 Å². The second kappa shape index (κ2) is 9.02. The van der Waals surface area contributed by atoms with E-state index < -0.39 is 0 Å². The highest BCUT2D eigenvalue weighted by molar-refractivity contribution is 7.99. The van der Waals surface area contributed by atoms with E-state index in [0.29, 0.717) is 19.0 Å². The van der Waals surface area contributed by atoms with Crippen molar-refractivity contribution < 1.29 is 4.79 Å². The van der Waals surface area contributed by atoms with Crippen molar-refractivity contribution in [2.75, 3.05) is 24.6 Å². The van der Waals surface area contributed by atoms with Gasteiger partial charge < -0.3 is 10.6 Å². The summed E-state index contributed by atoms with van der Waals surface area (Å²) in [5.74, 6) is 2.28. The van der Waals surface area contributed by atoms with Gasteiger partial charge in [-0.25, -0.2) is 0 Å². The Balaban J connectivity index is 0.00000242. The molecule has 1 aromatic rings. The maximum atomic E-state index is 12.1. The largest absolute Gasteiger partial charge is 0.355 e. The predicted octanol–water partition coefficient (Wildman–Crippen LogP) is 3.25. The number of nitrogens with one attached hydrogen (secondary N) is 2. The van der Waals surface area contributed by atoms with E-state index in [2.05, 4.69) is 24.5 Å². The number of carbonyl (C=O) groups excluding carboxylic acids is 1. The summed E-state index contributed by atoms with van der Waals surface area (Å²) in [6.07, 6.45) is 0.559. The highest BCUT2D eigenvalue weighted by Crippen LogP contribution is 2.24. The third-order valence-electron chi connectivity index (χ3n) is 3.78. The zero-order valence-corrected chi connectivity index (χ0v) is 15.4. The molecule has 0 saturated carbocycles. The van der Waals surface area contributed by atoms with Crippen molar-refractivity contribution in [3.63, 3.8) is 0 Å². The van der Waals surface area contributed by atoms with Crippen LogP contribution in [0.15, 0.2) is 24.3 Å². The van der Waals surface area contributed by atoms with E-state index in [1.54, 1.807) is 0 Å². The summed E-state index contributed by atoms with van der Waals surface area (Å²) >= 11 is 7.83. The summed E-state index contributed by atoms with van der Waals surface area (Å²) in [5, 5.41) is 7.19. The molecule has 1 unspecified atom stereocenters. The predicted molar refractivity (Wildman–Crippen MR) is 98.5 cm³/mol. The first kappa shape index (κ1) is 19.6. The molecule has 1 aliphatic heterocycles. The van der Waals surface area contributed by atoms with Crippen molar-refractivity contribution in [1.29, 1.82) is 0 Å². The number of carbonyl (C=O) groups is 1. The number of thioether (sulfide) groups is 1. The van der Waals surface area contributed by atoms with Gasteiger partial charge in [0.25, 0.3) is 0 Å². The summed E-state index contributed by atoms with van der Waals surface area (Å²) in [6.45, 7) is 5.89. The molecule has 0 radical (unpaired) electrons. The van der Waals surface area contributed by atoms with Crippen LogP contribution in [0.1, 0.15) is 25.8 Å². The number of amides is 1. The maximum Gasteiger partial charge on any atom is 0.221 e. The van der Waals surface area contributed by atoms with Crippen molar-refractivity contribution >= 4 is 41.7 Å². The van der Waals surface area contributed by atoms with Gasteiger partial charge in [0.2, 0.25) is 5.91 Å². The van der Waals surface area contributed by atoms with Crippen LogP contribution in [0, 0.1) is 0 Å². The van der Waals surface area contributed by atoms with Crippen LogP contribution in [-0.4, -0.2) is 36.5 Å². The minimum atomic E-state index is -0.102. The Kier molecular flexibility index (Phi) is 8.04. The Morgan fingerprint density at radius 1 is 1.41 bits per heavy atom. The van der Waals surface area contributed by atoms with E-state index in [9.17, 15) is 4.79 Å². The summed E-state index contributed by atoms with van der Waals surface area (Å²) in [4.78, 5) is 12.1. The lowest BCUT2D eigenvalue weighted by molar-refractivity contribution is -0.121. The monoisotopic (exact) mass is 362 g/mol. The summed E-state index contributed by atoms with van der Waals surface area (Å²) in [7, 11) is 0. The lowest BCUT2D eigenvalue weighted by atomic mass is 9.84. The Labute approximate surface area is 148 Å². The molecule has 6 heteroatoms. The van der Waals surface area contributed by atoms with Crippen LogP contribution in [0.3, 0.4) is 0 Å². The van der Waals surface area contributed by atoms with Crippen LogP contribution in [0.5, 0.6) is 0 Å². The average molecular weight is 363 g/mol. The highest BCUT2D eigenvalue weighted by atomic mass is 35.5. The van der Waals surface area contributed by atoms with Crippen LogP contribution in [0.4, 0.5) is 0 Å². The van der Waals surface area contributed by atoms with Crippen molar-refractivity contribution in [1.82, 2.24) is 10.6 Å². The molecule has 1 aromatic carbocycles. The number of hydrogen-bond acceptors (Lipinski definition) is 3. The Hall–Kier alpha value is -0.420. The van der Waals surface area contributed by atoms with Crippen molar-refractivity contribution in [3.8, 4) is 0 Å². The van der Waals surface area contributed by atoms with Crippen LogP contribution >= 0.6 is 35.8 Å². The molecule has 124 valence electrons. The van der Waals surface area contributed by atoms with Gasteiger partial charge in [-0.15, -0.1) is 12.4 Å². The lowest BCUT2D eigenvalue weighted by Gasteiger charge is -2.27. The van der Waals surface area contributed by atoms with E-state index >= 15 is 0 Å². The molecule has 1 saturated heterocycles. The molecule has 0 spiro atoms. The fourth-order valence-electron chi connectivity index (χ4n) is 2.37. The molecule has 0 aromatic heterocycles. The van der Waals surface area contributed by atoms with Gasteiger partial charge in [-0.1, -0.05) is 37.6 Å². The molecule has 0 bridgehead atoms. The zero-order chi connectivity index (χ0) is 15.3. The van der Waals surface area contributed by atoms with Gasteiger partial charge in [0.05, 0.1) is 0 Å². The van der Waals surface area contributed by atoms with E-state index in [0.717, 1.165) is 23.1 Å². The molecule has 1 atom stereocenters. The van der Waals surface area contributed by atoms with Crippen molar-refractivity contribution in [2.24, 2.45) is 0 Å². The Bertz CT molecular complexity index is 474. The molecule has 0 aliphatic carbocycles. The van der Waals surface area contributed by atoms with Gasteiger partial charge >= 0.3 is 0 Å². The third kappa shape index (κ3) is 5.99.